The first kappa shape index (κ1) is 12.2. The minimum Gasteiger partial charge on any atom is -0.391 e. The molecule has 0 aromatic carbocycles. The van der Waals surface area contributed by atoms with E-state index in [0.29, 0.717) is 6.54 Å². The van der Waals surface area contributed by atoms with Gasteiger partial charge in [-0.25, -0.2) is 4.79 Å². The fourth-order valence-electron chi connectivity index (χ4n) is 0.807. The first-order valence-electron chi connectivity index (χ1n) is 4.40. The number of carbonyl (C=O) groups is 1. The van der Waals surface area contributed by atoms with Crippen LogP contribution in [0.2, 0.25) is 0 Å². The Bertz CT molecular complexity index is 175. The van der Waals surface area contributed by atoms with Crippen LogP contribution in [0.3, 0.4) is 0 Å². The lowest BCUT2D eigenvalue weighted by Gasteiger charge is -2.29. The maximum atomic E-state index is 11.1. The molecule has 0 saturated carbocycles. The molecule has 0 spiro atoms. The van der Waals surface area contributed by atoms with E-state index in [0.717, 1.165) is 0 Å². The van der Waals surface area contributed by atoms with Crippen LogP contribution in [-0.4, -0.2) is 42.8 Å². The van der Waals surface area contributed by atoms with Gasteiger partial charge in [-0.3, -0.25) is 0 Å². The smallest absolute Gasteiger partial charge is 0.316 e. The third-order valence-electron chi connectivity index (χ3n) is 2.01. The number of likely N-dealkylation sites (N-methyl/N-ethyl adjacent to an activating group) is 1. The van der Waals surface area contributed by atoms with E-state index in [1.54, 1.807) is 14.1 Å². The topological polar surface area (TPSA) is 52.6 Å². The molecule has 0 fully saturated rings. The molecule has 0 bridgehead atoms. The van der Waals surface area contributed by atoms with Crippen LogP contribution >= 0.6 is 0 Å². The van der Waals surface area contributed by atoms with Crippen molar-refractivity contribution >= 4 is 6.03 Å². The summed E-state index contributed by atoms with van der Waals surface area (Å²) in [5.41, 5.74) is -0.192. The Balaban J connectivity index is 4.06. The predicted molar refractivity (Wildman–Crippen MR) is 52.5 cm³/mol. The van der Waals surface area contributed by atoms with Crippen molar-refractivity contribution in [3.8, 4) is 0 Å². The predicted octanol–water partition coefficient (Wildman–Crippen LogP) is 0.665. The fourth-order valence-corrected chi connectivity index (χ4v) is 0.807. The molecule has 0 aliphatic rings. The SMILES string of the molecule is CNC(=O)N(C)CC(O)C(C)(C)C. The lowest BCUT2D eigenvalue weighted by molar-refractivity contribution is 0.0426. The average molecular weight is 188 g/mol. The second-order valence-electron chi connectivity index (χ2n) is 4.32. The molecule has 0 aromatic rings. The van der Waals surface area contributed by atoms with Gasteiger partial charge < -0.3 is 15.3 Å². The van der Waals surface area contributed by atoms with E-state index >= 15 is 0 Å². The van der Waals surface area contributed by atoms with Crippen LogP contribution < -0.4 is 5.32 Å². The van der Waals surface area contributed by atoms with Gasteiger partial charge in [0.25, 0.3) is 0 Å². The molecule has 0 rings (SSSR count). The Morgan fingerprint density at radius 2 is 2.00 bits per heavy atom. The first-order chi connectivity index (χ1) is 5.79. The van der Waals surface area contributed by atoms with Gasteiger partial charge in [0.1, 0.15) is 0 Å². The highest BCUT2D eigenvalue weighted by Gasteiger charge is 2.24. The number of urea groups is 1. The summed E-state index contributed by atoms with van der Waals surface area (Å²) in [6, 6.07) is -0.178. The highest BCUT2D eigenvalue weighted by molar-refractivity contribution is 5.73. The van der Waals surface area contributed by atoms with Crippen LogP contribution in [0.1, 0.15) is 20.8 Å². The lowest BCUT2D eigenvalue weighted by atomic mass is 9.89. The number of carbonyl (C=O) groups excluding carboxylic acids is 1. The van der Waals surface area contributed by atoms with E-state index in [2.05, 4.69) is 5.32 Å². The fraction of sp³-hybridized carbons (Fsp3) is 0.889. The Morgan fingerprint density at radius 3 is 2.31 bits per heavy atom. The Hall–Kier alpha value is -0.770. The number of rotatable bonds is 2. The van der Waals surface area contributed by atoms with Crippen molar-refractivity contribution < 1.29 is 9.90 Å². The molecule has 1 unspecified atom stereocenters. The summed E-state index contributed by atoms with van der Waals surface area (Å²) in [6.07, 6.45) is -0.505. The third kappa shape index (κ3) is 4.12. The molecule has 13 heavy (non-hydrogen) atoms. The van der Waals surface area contributed by atoms with Gasteiger partial charge in [0.2, 0.25) is 0 Å². The van der Waals surface area contributed by atoms with Crippen molar-refractivity contribution in [2.24, 2.45) is 5.41 Å². The number of nitrogens with one attached hydrogen (secondary N) is 1. The van der Waals surface area contributed by atoms with Crippen molar-refractivity contribution in [3.63, 3.8) is 0 Å². The molecule has 0 saturated heterocycles. The molecule has 4 nitrogen and oxygen atoms in total. The number of hydrogen-bond acceptors (Lipinski definition) is 2. The second kappa shape index (κ2) is 4.46. The molecule has 0 heterocycles. The van der Waals surface area contributed by atoms with Gasteiger partial charge in [-0.1, -0.05) is 20.8 Å². The number of nitrogens with zero attached hydrogens (tertiary/aromatic N) is 1. The Morgan fingerprint density at radius 1 is 1.54 bits per heavy atom. The van der Waals surface area contributed by atoms with Gasteiger partial charge in [-0.2, -0.15) is 0 Å². The van der Waals surface area contributed by atoms with E-state index in [4.69, 9.17) is 0 Å². The quantitative estimate of drug-likeness (QED) is 0.669. The number of aliphatic hydroxyl groups is 1. The molecule has 0 aliphatic carbocycles. The molecule has 2 N–H and O–H groups in total. The summed E-state index contributed by atoms with van der Waals surface area (Å²) < 4.78 is 0. The molecule has 0 radical (unpaired) electrons. The van der Waals surface area contributed by atoms with Gasteiger partial charge in [-0.15, -0.1) is 0 Å². The number of hydrogen-bond donors (Lipinski definition) is 2. The summed E-state index contributed by atoms with van der Waals surface area (Å²) in [4.78, 5) is 12.5. The molecular weight excluding hydrogens is 168 g/mol. The first-order valence-corrected chi connectivity index (χ1v) is 4.40. The van der Waals surface area contributed by atoms with Crippen molar-refractivity contribution in [3.05, 3.63) is 0 Å². The monoisotopic (exact) mass is 188 g/mol. The average Bonchev–Trinajstić information content (AvgIpc) is 2.01. The molecule has 0 aliphatic heterocycles. The molecule has 78 valence electrons. The zero-order chi connectivity index (χ0) is 10.6. The van der Waals surface area contributed by atoms with Crippen molar-refractivity contribution in [1.82, 2.24) is 10.2 Å². The van der Waals surface area contributed by atoms with E-state index in [-0.39, 0.29) is 11.4 Å². The zero-order valence-electron chi connectivity index (χ0n) is 9.09. The molecule has 4 heteroatoms. The van der Waals surface area contributed by atoms with E-state index in [1.165, 1.54) is 4.90 Å². The summed E-state index contributed by atoms with van der Waals surface area (Å²) in [7, 11) is 3.23. The standard InChI is InChI=1S/C9H20N2O2/c1-9(2,3)7(12)6-11(5)8(13)10-4/h7,12H,6H2,1-5H3,(H,10,13). The summed E-state index contributed by atoms with van der Waals surface area (Å²) in [5, 5.41) is 12.2. The van der Waals surface area contributed by atoms with Crippen LogP contribution in [0.4, 0.5) is 4.79 Å². The van der Waals surface area contributed by atoms with E-state index in [9.17, 15) is 9.90 Å². The normalized spacial score (nSPS) is 13.7. The number of aliphatic hydroxyl groups excluding tert-OH is 1. The van der Waals surface area contributed by atoms with Gasteiger partial charge in [0, 0.05) is 20.6 Å². The van der Waals surface area contributed by atoms with Crippen LogP contribution in [-0.2, 0) is 0 Å². The summed E-state index contributed by atoms with van der Waals surface area (Å²) >= 11 is 0. The zero-order valence-corrected chi connectivity index (χ0v) is 9.09. The minimum atomic E-state index is -0.505. The minimum absolute atomic E-state index is 0.178. The van der Waals surface area contributed by atoms with Gasteiger partial charge in [-0.05, 0) is 5.41 Å². The maximum absolute atomic E-state index is 11.1. The van der Waals surface area contributed by atoms with Crippen LogP contribution in [0.25, 0.3) is 0 Å². The van der Waals surface area contributed by atoms with Gasteiger partial charge in [0.15, 0.2) is 0 Å². The van der Waals surface area contributed by atoms with Crippen LogP contribution in [0.5, 0.6) is 0 Å². The van der Waals surface area contributed by atoms with Crippen molar-refractivity contribution in [2.75, 3.05) is 20.6 Å². The van der Waals surface area contributed by atoms with Gasteiger partial charge in [0.05, 0.1) is 6.10 Å². The molecular formula is C9H20N2O2. The Labute approximate surface area is 79.9 Å². The van der Waals surface area contributed by atoms with Gasteiger partial charge >= 0.3 is 6.03 Å². The van der Waals surface area contributed by atoms with E-state index in [1.807, 2.05) is 20.8 Å². The van der Waals surface area contributed by atoms with Crippen molar-refractivity contribution in [1.29, 1.82) is 0 Å². The second-order valence-corrected chi connectivity index (χ2v) is 4.32. The molecule has 1 atom stereocenters. The summed E-state index contributed by atoms with van der Waals surface area (Å²) in [6.45, 7) is 6.17. The maximum Gasteiger partial charge on any atom is 0.316 e. The molecule has 0 aromatic heterocycles. The lowest BCUT2D eigenvalue weighted by Crippen LogP contribution is -2.43. The molecule has 2 amide bonds. The third-order valence-corrected chi connectivity index (χ3v) is 2.01. The van der Waals surface area contributed by atoms with Crippen molar-refractivity contribution in [2.45, 2.75) is 26.9 Å². The summed E-state index contributed by atoms with van der Waals surface area (Å²) in [5.74, 6) is 0. The Kier molecular flexibility index (Phi) is 4.20. The number of amides is 2. The van der Waals surface area contributed by atoms with Crippen LogP contribution in [0, 0.1) is 5.41 Å². The highest BCUT2D eigenvalue weighted by Crippen LogP contribution is 2.19. The van der Waals surface area contributed by atoms with E-state index < -0.39 is 6.10 Å². The largest absolute Gasteiger partial charge is 0.391 e. The highest BCUT2D eigenvalue weighted by atomic mass is 16.3. The van der Waals surface area contributed by atoms with Crippen LogP contribution in [0.15, 0.2) is 0 Å².